The van der Waals surface area contributed by atoms with Gasteiger partial charge in [-0.05, 0) is 62.6 Å². The summed E-state index contributed by atoms with van der Waals surface area (Å²) in [5, 5.41) is 4.85. The third-order valence-electron chi connectivity index (χ3n) is 4.44. The second kappa shape index (κ2) is 6.37. The van der Waals surface area contributed by atoms with Crippen molar-refractivity contribution in [1.29, 1.82) is 0 Å². The maximum absolute atomic E-state index is 4.33. The van der Waals surface area contributed by atoms with Crippen LogP contribution in [0.3, 0.4) is 0 Å². The van der Waals surface area contributed by atoms with Gasteiger partial charge in [-0.3, -0.25) is 0 Å². The Balaban J connectivity index is 1.48. The molecule has 0 saturated carbocycles. The lowest BCUT2D eigenvalue weighted by Gasteiger charge is -2.31. The zero-order chi connectivity index (χ0) is 13.8. The molecule has 2 N–H and O–H groups in total. The van der Waals surface area contributed by atoms with Crippen LogP contribution in [0, 0.1) is 5.92 Å². The van der Waals surface area contributed by atoms with E-state index in [4.69, 9.17) is 0 Å². The van der Waals surface area contributed by atoms with Crippen molar-refractivity contribution in [1.82, 2.24) is 20.2 Å². The molecule has 0 aromatic carbocycles. The smallest absolute Gasteiger partial charge is 0.137 e. The molecule has 0 spiro atoms. The summed E-state index contributed by atoms with van der Waals surface area (Å²) >= 11 is 0. The molecule has 2 aromatic heterocycles. The van der Waals surface area contributed by atoms with E-state index in [-0.39, 0.29) is 0 Å². The van der Waals surface area contributed by atoms with Crippen molar-refractivity contribution < 1.29 is 0 Å². The van der Waals surface area contributed by atoms with E-state index in [9.17, 15) is 0 Å². The zero-order valence-electron chi connectivity index (χ0n) is 12.2. The Kier molecular flexibility index (Phi) is 4.33. The molecule has 3 rings (SSSR count). The molecule has 0 bridgehead atoms. The fraction of sp³-hybridized carbons (Fsp3) is 0.562. The van der Waals surface area contributed by atoms with Gasteiger partial charge in [0.1, 0.15) is 5.65 Å². The number of aromatic nitrogens is 2. The molecule has 0 radical (unpaired) electrons. The number of likely N-dealkylation sites (tertiary alicyclic amines) is 1. The van der Waals surface area contributed by atoms with Gasteiger partial charge in [-0.1, -0.05) is 6.92 Å². The maximum atomic E-state index is 4.33. The van der Waals surface area contributed by atoms with E-state index < -0.39 is 0 Å². The van der Waals surface area contributed by atoms with Gasteiger partial charge < -0.3 is 15.2 Å². The highest BCUT2D eigenvalue weighted by Crippen LogP contribution is 2.17. The van der Waals surface area contributed by atoms with Gasteiger partial charge in [0.05, 0.1) is 0 Å². The molecule has 1 aliphatic rings. The fourth-order valence-corrected chi connectivity index (χ4v) is 3.08. The number of nitrogens with one attached hydrogen (secondary N) is 2. The van der Waals surface area contributed by atoms with Gasteiger partial charge >= 0.3 is 0 Å². The number of rotatable bonds is 5. The first-order valence-electron chi connectivity index (χ1n) is 7.71. The van der Waals surface area contributed by atoms with Crippen molar-refractivity contribution >= 4 is 11.0 Å². The summed E-state index contributed by atoms with van der Waals surface area (Å²) < 4.78 is 0. The van der Waals surface area contributed by atoms with Crippen LogP contribution in [-0.2, 0) is 6.54 Å². The van der Waals surface area contributed by atoms with Crippen LogP contribution >= 0.6 is 0 Å². The second-order valence-electron chi connectivity index (χ2n) is 5.72. The lowest BCUT2D eigenvalue weighted by Crippen LogP contribution is -2.36. The first kappa shape index (κ1) is 13.6. The summed E-state index contributed by atoms with van der Waals surface area (Å²) in [5.41, 5.74) is 2.31. The third-order valence-corrected chi connectivity index (χ3v) is 4.44. The molecule has 4 nitrogen and oxygen atoms in total. The number of piperidine rings is 1. The second-order valence-corrected chi connectivity index (χ2v) is 5.72. The average Bonchev–Trinajstić information content (AvgIpc) is 2.92. The molecule has 0 aliphatic carbocycles. The molecule has 0 unspecified atom stereocenters. The minimum absolute atomic E-state index is 0.834. The van der Waals surface area contributed by atoms with Gasteiger partial charge in [-0.2, -0.15) is 0 Å². The third kappa shape index (κ3) is 3.02. The van der Waals surface area contributed by atoms with Crippen molar-refractivity contribution in [3.05, 3.63) is 30.1 Å². The predicted octanol–water partition coefficient (Wildman–Crippen LogP) is 2.38. The summed E-state index contributed by atoms with van der Waals surface area (Å²) in [6, 6.07) is 4.13. The van der Waals surface area contributed by atoms with Crippen molar-refractivity contribution in [2.75, 3.05) is 26.2 Å². The molecular formula is C16H24N4. The Morgan fingerprint density at radius 2 is 2.25 bits per heavy atom. The summed E-state index contributed by atoms with van der Waals surface area (Å²) in [6.07, 6.45) is 6.56. The van der Waals surface area contributed by atoms with Crippen LogP contribution < -0.4 is 5.32 Å². The van der Waals surface area contributed by atoms with Crippen LogP contribution in [0.1, 0.15) is 25.3 Å². The molecule has 0 atom stereocenters. The molecule has 0 amide bonds. The van der Waals surface area contributed by atoms with Gasteiger partial charge in [0.25, 0.3) is 0 Å². The molecule has 20 heavy (non-hydrogen) atoms. The van der Waals surface area contributed by atoms with Crippen LogP contribution in [0.5, 0.6) is 0 Å². The van der Waals surface area contributed by atoms with E-state index in [0.29, 0.717) is 0 Å². The van der Waals surface area contributed by atoms with Crippen LogP contribution in [0.25, 0.3) is 11.0 Å². The van der Waals surface area contributed by atoms with Gasteiger partial charge in [-0.15, -0.1) is 0 Å². The van der Waals surface area contributed by atoms with Crippen LogP contribution in [0.2, 0.25) is 0 Å². The van der Waals surface area contributed by atoms with E-state index >= 15 is 0 Å². The lowest BCUT2D eigenvalue weighted by atomic mass is 9.97. The fourth-order valence-electron chi connectivity index (χ4n) is 3.08. The normalized spacial score (nSPS) is 17.9. The topological polar surface area (TPSA) is 44.0 Å². The van der Waals surface area contributed by atoms with Gasteiger partial charge in [0.15, 0.2) is 0 Å². The molecule has 108 valence electrons. The van der Waals surface area contributed by atoms with Gasteiger partial charge in [0, 0.05) is 24.3 Å². The number of fused-ring (bicyclic) bond motifs is 1. The summed E-state index contributed by atoms with van der Waals surface area (Å²) in [7, 11) is 0. The van der Waals surface area contributed by atoms with Crippen LogP contribution in [-0.4, -0.2) is 41.0 Å². The number of pyridine rings is 1. The number of aromatic amines is 1. The van der Waals surface area contributed by atoms with Gasteiger partial charge in [0.2, 0.25) is 0 Å². The van der Waals surface area contributed by atoms with Gasteiger partial charge in [-0.25, -0.2) is 4.98 Å². The van der Waals surface area contributed by atoms with Crippen molar-refractivity contribution in [2.45, 2.75) is 26.3 Å². The van der Waals surface area contributed by atoms with E-state index in [1.165, 1.54) is 43.4 Å². The zero-order valence-corrected chi connectivity index (χ0v) is 12.2. The highest BCUT2D eigenvalue weighted by Gasteiger charge is 2.17. The Labute approximate surface area is 120 Å². The van der Waals surface area contributed by atoms with E-state index in [1.807, 2.05) is 12.3 Å². The van der Waals surface area contributed by atoms with Crippen molar-refractivity contribution in [3.63, 3.8) is 0 Å². The van der Waals surface area contributed by atoms with Crippen LogP contribution in [0.15, 0.2) is 24.5 Å². The summed E-state index contributed by atoms with van der Waals surface area (Å²) in [5.74, 6) is 0.834. The van der Waals surface area contributed by atoms with E-state index in [2.05, 4.69) is 39.4 Å². The van der Waals surface area contributed by atoms with Crippen molar-refractivity contribution in [2.24, 2.45) is 5.92 Å². The number of hydrogen-bond donors (Lipinski definition) is 2. The first-order valence-corrected chi connectivity index (χ1v) is 7.71. The molecule has 2 aromatic rings. The molecule has 4 heteroatoms. The molecule has 1 fully saturated rings. The van der Waals surface area contributed by atoms with E-state index in [0.717, 1.165) is 24.7 Å². The quantitative estimate of drug-likeness (QED) is 0.878. The molecular weight excluding hydrogens is 248 g/mol. The summed E-state index contributed by atoms with van der Waals surface area (Å²) in [6.45, 7) is 8.04. The Bertz CT molecular complexity index is 540. The first-order chi connectivity index (χ1) is 9.86. The molecule has 3 heterocycles. The Morgan fingerprint density at radius 1 is 1.40 bits per heavy atom. The minimum Gasteiger partial charge on any atom is -0.346 e. The minimum atomic E-state index is 0.834. The maximum Gasteiger partial charge on any atom is 0.137 e. The van der Waals surface area contributed by atoms with Crippen molar-refractivity contribution in [3.8, 4) is 0 Å². The highest BCUT2D eigenvalue weighted by molar-refractivity contribution is 5.79. The largest absolute Gasteiger partial charge is 0.346 e. The summed E-state index contributed by atoms with van der Waals surface area (Å²) in [4.78, 5) is 10.1. The predicted molar refractivity (Wildman–Crippen MR) is 82.6 cm³/mol. The number of H-pyrrole nitrogens is 1. The SMILES string of the molecule is CCN1CCC(CNCc2c[nH]c3ncccc23)CC1. The van der Waals surface area contributed by atoms with Crippen LogP contribution in [0.4, 0.5) is 0 Å². The van der Waals surface area contributed by atoms with E-state index in [1.54, 1.807) is 0 Å². The lowest BCUT2D eigenvalue weighted by molar-refractivity contribution is 0.190. The Hall–Kier alpha value is -1.39. The number of hydrogen-bond acceptors (Lipinski definition) is 3. The average molecular weight is 272 g/mol. The highest BCUT2D eigenvalue weighted by atomic mass is 15.1. The standard InChI is InChI=1S/C16H24N4/c1-2-20-8-5-13(6-9-20)10-17-11-14-12-19-16-15(14)4-3-7-18-16/h3-4,7,12-13,17H,2,5-6,8-11H2,1H3,(H,18,19). The molecule has 1 saturated heterocycles. The number of nitrogens with zero attached hydrogens (tertiary/aromatic N) is 2. The monoisotopic (exact) mass is 272 g/mol. The molecule has 1 aliphatic heterocycles. The Morgan fingerprint density at radius 3 is 3.05 bits per heavy atom.